The summed E-state index contributed by atoms with van der Waals surface area (Å²) in [6.07, 6.45) is -4.40. The smallest absolute Gasteiger partial charge is 0.422 e. The van der Waals surface area contributed by atoms with Gasteiger partial charge < -0.3 is 10.1 Å². The Balaban J connectivity index is 1.92. The highest BCUT2D eigenvalue weighted by molar-refractivity contribution is 9.10. The molecule has 0 aliphatic carbocycles. The first kappa shape index (κ1) is 18.3. The quantitative estimate of drug-likeness (QED) is 0.745. The molecule has 0 bridgehead atoms. The van der Waals surface area contributed by atoms with E-state index in [2.05, 4.69) is 26.0 Å². The van der Waals surface area contributed by atoms with E-state index in [0.717, 1.165) is 0 Å². The van der Waals surface area contributed by atoms with Crippen molar-refractivity contribution in [3.63, 3.8) is 0 Å². The van der Waals surface area contributed by atoms with Gasteiger partial charge in [0.15, 0.2) is 6.61 Å². The summed E-state index contributed by atoms with van der Waals surface area (Å²) < 4.78 is 54.9. The predicted molar refractivity (Wildman–Crippen MR) is 83.3 cm³/mol. The fourth-order valence-corrected chi connectivity index (χ4v) is 2.18. The second kappa shape index (κ2) is 7.65. The van der Waals surface area contributed by atoms with E-state index in [4.69, 9.17) is 0 Å². The summed E-state index contributed by atoms with van der Waals surface area (Å²) in [6.45, 7) is -1.27. The maximum atomic E-state index is 13.6. The molecule has 0 fully saturated rings. The van der Waals surface area contributed by atoms with Crippen LogP contribution in [0.25, 0.3) is 0 Å². The minimum atomic E-state index is -4.40. The van der Waals surface area contributed by atoms with Crippen molar-refractivity contribution in [3.05, 3.63) is 63.9 Å². The highest BCUT2D eigenvalue weighted by Crippen LogP contribution is 2.19. The fraction of sp³-hybridized carbons (Fsp3) is 0.188. The van der Waals surface area contributed by atoms with Crippen LogP contribution in [0.1, 0.15) is 15.9 Å². The third kappa shape index (κ3) is 5.52. The van der Waals surface area contributed by atoms with E-state index < -0.39 is 24.5 Å². The Labute approximate surface area is 143 Å². The van der Waals surface area contributed by atoms with Crippen molar-refractivity contribution < 1.29 is 27.1 Å². The molecular weight excluding hydrogens is 394 g/mol. The van der Waals surface area contributed by atoms with Crippen molar-refractivity contribution in [2.75, 3.05) is 6.61 Å². The van der Waals surface area contributed by atoms with Crippen LogP contribution < -0.4 is 10.1 Å². The molecule has 0 unspecified atom stereocenters. The maximum Gasteiger partial charge on any atom is 0.422 e. The van der Waals surface area contributed by atoms with Gasteiger partial charge >= 0.3 is 6.18 Å². The molecule has 8 heteroatoms. The number of rotatable bonds is 5. The van der Waals surface area contributed by atoms with E-state index in [0.29, 0.717) is 10.0 Å². The van der Waals surface area contributed by atoms with E-state index in [1.165, 1.54) is 42.5 Å². The fourth-order valence-electron chi connectivity index (χ4n) is 1.82. The SMILES string of the molecule is O=C(NCc1ccc(OCC(F)(F)F)cc1)c1cc(Br)ccc1F. The van der Waals surface area contributed by atoms with Gasteiger partial charge in [-0.25, -0.2) is 4.39 Å². The molecule has 24 heavy (non-hydrogen) atoms. The number of ether oxygens (including phenoxy) is 1. The molecule has 0 heterocycles. The number of nitrogens with one attached hydrogen (secondary N) is 1. The average molecular weight is 406 g/mol. The summed E-state index contributed by atoms with van der Waals surface area (Å²) in [4.78, 5) is 11.9. The number of amides is 1. The Bertz CT molecular complexity index is 717. The van der Waals surface area contributed by atoms with Crippen LogP contribution in [0.4, 0.5) is 17.6 Å². The number of benzene rings is 2. The lowest BCUT2D eigenvalue weighted by Crippen LogP contribution is -2.23. The summed E-state index contributed by atoms with van der Waals surface area (Å²) in [5.74, 6) is -1.17. The van der Waals surface area contributed by atoms with E-state index in [1.54, 1.807) is 0 Å². The topological polar surface area (TPSA) is 38.3 Å². The van der Waals surface area contributed by atoms with Crippen LogP contribution in [0.5, 0.6) is 5.75 Å². The monoisotopic (exact) mass is 405 g/mol. The van der Waals surface area contributed by atoms with Gasteiger partial charge in [-0.05, 0) is 35.9 Å². The summed E-state index contributed by atoms with van der Waals surface area (Å²) in [5, 5.41) is 2.54. The minimum Gasteiger partial charge on any atom is -0.484 e. The average Bonchev–Trinajstić information content (AvgIpc) is 2.53. The maximum absolute atomic E-state index is 13.6. The third-order valence-electron chi connectivity index (χ3n) is 2.95. The Morgan fingerprint density at radius 2 is 1.79 bits per heavy atom. The molecule has 1 amide bonds. The number of halogens is 5. The Morgan fingerprint density at radius 3 is 2.42 bits per heavy atom. The zero-order valence-electron chi connectivity index (χ0n) is 12.2. The van der Waals surface area contributed by atoms with E-state index in [9.17, 15) is 22.4 Å². The van der Waals surface area contributed by atoms with Gasteiger partial charge in [-0.1, -0.05) is 28.1 Å². The molecule has 0 aromatic heterocycles. The Kier molecular flexibility index (Phi) is 5.82. The zero-order chi connectivity index (χ0) is 17.7. The second-order valence-corrected chi connectivity index (χ2v) is 5.77. The van der Waals surface area contributed by atoms with Crippen LogP contribution >= 0.6 is 15.9 Å². The summed E-state index contributed by atoms with van der Waals surface area (Å²) >= 11 is 3.16. The molecule has 2 rings (SSSR count). The Morgan fingerprint density at radius 1 is 1.12 bits per heavy atom. The van der Waals surface area contributed by atoms with Gasteiger partial charge in [0, 0.05) is 11.0 Å². The van der Waals surface area contributed by atoms with E-state index in [-0.39, 0.29) is 17.9 Å². The van der Waals surface area contributed by atoms with Crippen molar-refractivity contribution in [2.24, 2.45) is 0 Å². The van der Waals surface area contributed by atoms with Gasteiger partial charge in [0.05, 0.1) is 5.56 Å². The molecule has 0 saturated heterocycles. The summed E-state index contributed by atoms with van der Waals surface area (Å²) in [6, 6.07) is 9.78. The van der Waals surface area contributed by atoms with Crippen LogP contribution in [0.15, 0.2) is 46.9 Å². The number of alkyl halides is 3. The molecule has 0 spiro atoms. The van der Waals surface area contributed by atoms with Crippen LogP contribution in [-0.4, -0.2) is 18.7 Å². The Hall–Kier alpha value is -2.09. The number of hydrogen-bond acceptors (Lipinski definition) is 2. The lowest BCUT2D eigenvalue weighted by Gasteiger charge is -2.10. The highest BCUT2D eigenvalue weighted by atomic mass is 79.9. The van der Waals surface area contributed by atoms with Crippen molar-refractivity contribution in [2.45, 2.75) is 12.7 Å². The first-order valence-corrected chi connectivity index (χ1v) is 7.55. The van der Waals surface area contributed by atoms with Crippen LogP contribution in [0.3, 0.4) is 0 Å². The molecule has 0 atom stereocenters. The molecular formula is C16H12BrF4NO2. The molecule has 1 N–H and O–H groups in total. The lowest BCUT2D eigenvalue weighted by atomic mass is 10.2. The normalized spacial score (nSPS) is 11.2. The highest BCUT2D eigenvalue weighted by Gasteiger charge is 2.28. The summed E-state index contributed by atoms with van der Waals surface area (Å²) in [5.41, 5.74) is 0.535. The number of hydrogen-bond donors (Lipinski definition) is 1. The van der Waals surface area contributed by atoms with Crippen LogP contribution in [0, 0.1) is 5.82 Å². The molecule has 0 aliphatic rings. The molecule has 128 valence electrons. The van der Waals surface area contributed by atoms with Crippen LogP contribution in [0.2, 0.25) is 0 Å². The molecule has 2 aromatic carbocycles. The largest absolute Gasteiger partial charge is 0.484 e. The van der Waals surface area contributed by atoms with Crippen molar-refractivity contribution in [1.29, 1.82) is 0 Å². The summed E-state index contributed by atoms with van der Waals surface area (Å²) in [7, 11) is 0. The number of carbonyl (C=O) groups excluding carboxylic acids is 1. The number of carbonyl (C=O) groups is 1. The van der Waals surface area contributed by atoms with Gasteiger partial charge in [0.25, 0.3) is 5.91 Å². The van der Waals surface area contributed by atoms with Crippen molar-refractivity contribution >= 4 is 21.8 Å². The molecule has 0 saturated carbocycles. The standard InChI is InChI=1S/C16H12BrF4NO2/c17-11-3-6-14(18)13(7-11)15(23)22-8-10-1-4-12(5-2-10)24-9-16(19,20)21/h1-7H,8-9H2,(H,22,23). The predicted octanol–water partition coefficient (Wildman–Crippen LogP) is 4.46. The van der Waals surface area contributed by atoms with Gasteiger partial charge in [-0.3, -0.25) is 4.79 Å². The van der Waals surface area contributed by atoms with Crippen LogP contribution in [-0.2, 0) is 6.54 Å². The van der Waals surface area contributed by atoms with Gasteiger partial charge in [0.2, 0.25) is 0 Å². The van der Waals surface area contributed by atoms with Gasteiger partial charge in [-0.15, -0.1) is 0 Å². The first-order chi connectivity index (χ1) is 11.2. The van der Waals surface area contributed by atoms with Gasteiger partial charge in [0.1, 0.15) is 11.6 Å². The second-order valence-electron chi connectivity index (χ2n) is 4.85. The third-order valence-corrected chi connectivity index (χ3v) is 3.45. The van der Waals surface area contributed by atoms with E-state index in [1.807, 2.05) is 0 Å². The molecule has 3 nitrogen and oxygen atoms in total. The van der Waals surface area contributed by atoms with E-state index >= 15 is 0 Å². The molecule has 0 radical (unpaired) electrons. The van der Waals surface area contributed by atoms with Gasteiger partial charge in [-0.2, -0.15) is 13.2 Å². The first-order valence-electron chi connectivity index (χ1n) is 6.76. The zero-order valence-corrected chi connectivity index (χ0v) is 13.7. The molecule has 0 aliphatic heterocycles. The minimum absolute atomic E-state index is 0.0698. The lowest BCUT2D eigenvalue weighted by molar-refractivity contribution is -0.153. The molecule has 2 aromatic rings. The van der Waals surface area contributed by atoms with Crippen molar-refractivity contribution in [1.82, 2.24) is 5.32 Å². The van der Waals surface area contributed by atoms with Crippen molar-refractivity contribution in [3.8, 4) is 5.75 Å².